The minimum Gasteiger partial charge on any atom is -0.380 e. The molecular formula is C22H26N2O4S2. The van der Waals surface area contributed by atoms with E-state index in [0.717, 1.165) is 15.8 Å². The molecule has 0 unspecified atom stereocenters. The predicted octanol–water partition coefficient (Wildman–Crippen LogP) is 3.65. The Kier molecular flexibility index (Phi) is 7.23. The van der Waals surface area contributed by atoms with Crippen LogP contribution in [0, 0.1) is 13.8 Å². The molecule has 0 saturated carbocycles. The molecule has 0 aliphatic heterocycles. The first-order valence-electron chi connectivity index (χ1n) is 9.85. The van der Waals surface area contributed by atoms with Crippen molar-refractivity contribution in [1.29, 1.82) is 0 Å². The zero-order chi connectivity index (χ0) is 21.7. The Morgan fingerprint density at radius 2 is 1.83 bits per heavy atom. The van der Waals surface area contributed by atoms with E-state index in [-0.39, 0.29) is 17.1 Å². The normalized spacial score (nSPS) is 12.6. The van der Waals surface area contributed by atoms with Crippen LogP contribution >= 0.6 is 11.3 Å². The Labute approximate surface area is 180 Å². The SMILES string of the molecule is CCOCCn1c(=NC(=O)CCS(=O)(=O)c2ccccc2)sc2cc(C)c(C)cc21. The molecule has 0 aliphatic carbocycles. The van der Waals surface area contributed by atoms with Gasteiger partial charge in [-0.1, -0.05) is 29.5 Å². The summed E-state index contributed by atoms with van der Waals surface area (Å²) in [5.41, 5.74) is 3.34. The molecule has 3 rings (SSSR count). The van der Waals surface area contributed by atoms with Gasteiger partial charge in [-0.15, -0.1) is 0 Å². The van der Waals surface area contributed by atoms with Crippen LogP contribution in [0.5, 0.6) is 0 Å². The third-order valence-corrected chi connectivity index (χ3v) is 7.64. The van der Waals surface area contributed by atoms with Crippen LogP contribution in [0.3, 0.4) is 0 Å². The minimum absolute atomic E-state index is 0.158. The number of amides is 1. The third-order valence-electron chi connectivity index (χ3n) is 4.87. The van der Waals surface area contributed by atoms with E-state index in [1.165, 1.54) is 29.0 Å². The maximum absolute atomic E-state index is 12.5. The van der Waals surface area contributed by atoms with Crippen LogP contribution < -0.4 is 4.80 Å². The van der Waals surface area contributed by atoms with Crippen molar-refractivity contribution in [2.75, 3.05) is 19.0 Å². The molecule has 0 aliphatic rings. The number of aromatic nitrogens is 1. The van der Waals surface area contributed by atoms with Gasteiger partial charge in [0.25, 0.3) is 0 Å². The second-order valence-electron chi connectivity index (χ2n) is 7.02. The lowest BCUT2D eigenvalue weighted by atomic mass is 10.1. The number of carbonyl (C=O) groups excluding carboxylic acids is 1. The highest BCUT2D eigenvalue weighted by Crippen LogP contribution is 2.22. The van der Waals surface area contributed by atoms with Gasteiger partial charge in [0.1, 0.15) is 0 Å². The van der Waals surface area contributed by atoms with Crippen molar-refractivity contribution in [3.05, 3.63) is 58.4 Å². The molecule has 160 valence electrons. The average molecular weight is 447 g/mol. The highest BCUT2D eigenvalue weighted by atomic mass is 32.2. The van der Waals surface area contributed by atoms with Gasteiger partial charge in [-0.2, -0.15) is 4.99 Å². The Morgan fingerprint density at radius 3 is 2.53 bits per heavy atom. The molecule has 0 atom stereocenters. The first kappa shape index (κ1) is 22.4. The predicted molar refractivity (Wildman–Crippen MR) is 119 cm³/mol. The molecule has 8 heteroatoms. The number of hydrogen-bond donors (Lipinski definition) is 0. The lowest BCUT2D eigenvalue weighted by Crippen LogP contribution is -2.20. The maximum atomic E-state index is 12.5. The quantitative estimate of drug-likeness (QED) is 0.495. The highest BCUT2D eigenvalue weighted by molar-refractivity contribution is 7.91. The van der Waals surface area contributed by atoms with Gasteiger partial charge in [-0.05, 0) is 56.2 Å². The van der Waals surface area contributed by atoms with Gasteiger partial charge in [-0.3, -0.25) is 4.79 Å². The molecule has 0 spiro atoms. The number of carbonyl (C=O) groups is 1. The van der Waals surface area contributed by atoms with Crippen molar-refractivity contribution in [2.24, 2.45) is 4.99 Å². The van der Waals surface area contributed by atoms with Gasteiger partial charge in [0, 0.05) is 19.6 Å². The van der Waals surface area contributed by atoms with E-state index < -0.39 is 15.7 Å². The number of aryl methyl sites for hydroxylation is 2. The molecule has 3 aromatic rings. The van der Waals surface area contributed by atoms with Crippen LogP contribution in [0.25, 0.3) is 10.2 Å². The Balaban J connectivity index is 1.88. The van der Waals surface area contributed by atoms with Gasteiger partial charge in [0.05, 0.1) is 27.5 Å². The van der Waals surface area contributed by atoms with Gasteiger partial charge < -0.3 is 9.30 Å². The van der Waals surface area contributed by atoms with Crippen molar-refractivity contribution in [2.45, 2.75) is 38.6 Å². The number of fused-ring (bicyclic) bond motifs is 1. The monoisotopic (exact) mass is 446 g/mol. The summed E-state index contributed by atoms with van der Waals surface area (Å²) in [7, 11) is -3.52. The molecule has 0 saturated heterocycles. The number of sulfone groups is 1. The molecule has 30 heavy (non-hydrogen) atoms. The number of ether oxygens (including phenoxy) is 1. The van der Waals surface area contributed by atoms with E-state index in [1.54, 1.807) is 18.2 Å². The van der Waals surface area contributed by atoms with Crippen LogP contribution in [0.15, 0.2) is 52.4 Å². The first-order chi connectivity index (χ1) is 14.3. The Bertz CT molecular complexity index is 1210. The number of rotatable bonds is 8. The summed E-state index contributed by atoms with van der Waals surface area (Å²) < 4.78 is 33.4. The van der Waals surface area contributed by atoms with E-state index in [9.17, 15) is 13.2 Å². The Hall–Kier alpha value is -2.29. The molecule has 2 aromatic carbocycles. The molecule has 6 nitrogen and oxygen atoms in total. The molecule has 0 radical (unpaired) electrons. The van der Waals surface area contributed by atoms with Gasteiger partial charge in [0.2, 0.25) is 5.91 Å². The Morgan fingerprint density at radius 1 is 1.13 bits per heavy atom. The molecule has 0 bridgehead atoms. The lowest BCUT2D eigenvalue weighted by Gasteiger charge is -2.07. The van der Waals surface area contributed by atoms with Crippen LogP contribution in [-0.4, -0.2) is 37.9 Å². The maximum Gasteiger partial charge on any atom is 0.249 e. The zero-order valence-electron chi connectivity index (χ0n) is 17.4. The smallest absolute Gasteiger partial charge is 0.249 e. The van der Waals surface area contributed by atoms with Crippen molar-refractivity contribution < 1.29 is 17.9 Å². The second-order valence-corrected chi connectivity index (χ2v) is 10.1. The van der Waals surface area contributed by atoms with Crippen molar-refractivity contribution in [3.8, 4) is 0 Å². The summed E-state index contributed by atoms with van der Waals surface area (Å²) >= 11 is 1.43. The van der Waals surface area contributed by atoms with Gasteiger partial charge in [-0.25, -0.2) is 8.42 Å². The summed E-state index contributed by atoms with van der Waals surface area (Å²) in [4.78, 5) is 17.6. The lowest BCUT2D eigenvalue weighted by molar-refractivity contribution is -0.117. The van der Waals surface area contributed by atoms with Crippen molar-refractivity contribution in [1.82, 2.24) is 4.57 Å². The molecule has 1 aromatic heterocycles. The summed E-state index contributed by atoms with van der Waals surface area (Å²) in [6.45, 7) is 7.74. The summed E-state index contributed by atoms with van der Waals surface area (Å²) in [5.74, 6) is -0.707. The number of hydrogen-bond acceptors (Lipinski definition) is 5. The molecule has 0 fully saturated rings. The van der Waals surface area contributed by atoms with E-state index in [1.807, 2.05) is 11.5 Å². The highest BCUT2D eigenvalue weighted by Gasteiger charge is 2.16. The molecular weight excluding hydrogens is 420 g/mol. The standard InChI is InChI=1S/C22H26N2O4S2/c1-4-28-12-11-24-19-14-16(2)17(3)15-20(19)29-22(24)23-21(25)10-13-30(26,27)18-8-6-5-7-9-18/h5-9,14-15H,4,10-13H2,1-3H3. The fourth-order valence-corrected chi connectivity index (χ4v) is 5.46. The summed E-state index contributed by atoms with van der Waals surface area (Å²) in [6, 6.07) is 12.4. The van der Waals surface area contributed by atoms with Crippen LogP contribution in [0.1, 0.15) is 24.5 Å². The zero-order valence-corrected chi connectivity index (χ0v) is 19.1. The van der Waals surface area contributed by atoms with Crippen molar-refractivity contribution in [3.63, 3.8) is 0 Å². The third kappa shape index (κ3) is 5.24. The second kappa shape index (κ2) is 9.68. The van der Waals surface area contributed by atoms with Crippen molar-refractivity contribution >= 4 is 37.3 Å². The number of benzene rings is 2. The van der Waals surface area contributed by atoms with E-state index in [0.29, 0.717) is 24.6 Å². The van der Waals surface area contributed by atoms with Crippen LogP contribution in [0.4, 0.5) is 0 Å². The average Bonchev–Trinajstić information content (AvgIpc) is 3.04. The molecule has 1 heterocycles. The summed E-state index contributed by atoms with van der Waals surface area (Å²) in [6.07, 6.45) is -0.158. The van der Waals surface area contributed by atoms with E-state index in [4.69, 9.17) is 4.74 Å². The van der Waals surface area contributed by atoms with Gasteiger partial charge in [0.15, 0.2) is 14.6 Å². The largest absolute Gasteiger partial charge is 0.380 e. The number of thiazole rings is 1. The number of nitrogens with zero attached hydrogens (tertiary/aromatic N) is 2. The topological polar surface area (TPSA) is 77.7 Å². The van der Waals surface area contributed by atoms with Crippen LogP contribution in [0.2, 0.25) is 0 Å². The minimum atomic E-state index is -3.52. The fraction of sp³-hybridized carbons (Fsp3) is 0.364. The molecule has 1 amide bonds. The van der Waals surface area contributed by atoms with Gasteiger partial charge >= 0.3 is 0 Å². The molecule has 0 N–H and O–H groups in total. The van der Waals surface area contributed by atoms with E-state index >= 15 is 0 Å². The first-order valence-corrected chi connectivity index (χ1v) is 12.3. The van der Waals surface area contributed by atoms with E-state index in [2.05, 4.69) is 31.0 Å². The summed E-state index contributed by atoms with van der Waals surface area (Å²) in [5, 5.41) is 0. The van der Waals surface area contributed by atoms with Crippen LogP contribution in [-0.2, 0) is 25.9 Å². The fourth-order valence-electron chi connectivity index (χ4n) is 3.05.